The van der Waals surface area contributed by atoms with E-state index in [2.05, 4.69) is 15.6 Å². The Morgan fingerprint density at radius 1 is 1.32 bits per heavy atom. The Balaban J connectivity index is 1.41. The molecule has 1 amide bonds. The second kappa shape index (κ2) is 9.92. The van der Waals surface area contributed by atoms with E-state index in [1.54, 1.807) is 6.07 Å². The topological polar surface area (TPSA) is 76.1 Å². The number of fused-ring (bicyclic) bond motifs is 1. The van der Waals surface area contributed by atoms with E-state index in [0.717, 1.165) is 55.7 Å². The van der Waals surface area contributed by atoms with E-state index in [1.165, 1.54) is 12.1 Å². The molecular weight excluding hydrogens is 419 g/mol. The van der Waals surface area contributed by atoms with Crippen LogP contribution in [0.3, 0.4) is 0 Å². The zero-order valence-corrected chi connectivity index (χ0v) is 18.4. The van der Waals surface area contributed by atoms with Crippen molar-refractivity contribution in [2.24, 2.45) is 5.92 Å². The second-order valence-electron chi connectivity index (χ2n) is 8.28. The van der Waals surface area contributed by atoms with E-state index >= 15 is 0 Å². The van der Waals surface area contributed by atoms with E-state index in [1.807, 2.05) is 13.1 Å². The predicted molar refractivity (Wildman–Crippen MR) is 118 cm³/mol. The minimum Gasteiger partial charge on any atom is -0.381 e. The lowest BCUT2D eigenvalue weighted by Gasteiger charge is -2.27. The summed E-state index contributed by atoms with van der Waals surface area (Å²) in [5.41, 5.74) is 2.76. The van der Waals surface area contributed by atoms with Gasteiger partial charge < -0.3 is 15.4 Å². The van der Waals surface area contributed by atoms with Crippen LogP contribution in [0.1, 0.15) is 55.5 Å². The van der Waals surface area contributed by atoms with E-state index in [-0.39, 0.29) is 22.9 Å². The van der Waals surface area contributed by atoms with Crippen LogP contribution in [0.5, 0.6) is 0 Å². The summed E-state index contributed by atoms with van der Waals surface area (Å²) in [4.78, 5) is 22.2. The van der Waals surface area contributed by atoms with Crippen LogP contribution < -0.4 is 10.6 Å². The first-order chi connectivity index (χ1) is 15.0. The summed E-state index contributed by atoms with van der Waals surface area (Å²) in [5.74, 6) is -0.0376. The van der Waals surface area contributed by atoms with E-state index in [0.29, 0.717) is 24.8 Å². The number of hydrogen-bond donors (Lipinski definition) is 2. The molecule has 0 saturated carbocycles. The Morgan fingerprint density at radius 3 is 2.87 bits per heavy atom. The van der Waals surface area contributed by atoms with Crippen LogP contribution in [0.15, 0.2) is 24.4 Å². The van der Waals surface area contributed by atoms with Crippen molar-refractivity contribution < 1.29 is 13.9 Å². The first kappa shape index (κ1) is 22.0. The molecule has 2 heterocycles. The number of carbonyl (C=O) groups is 1. The molecule has 1 aromatic carbocycles. The van der Waals surface area contributed by atoms with Crippen LogP contribution in [0.4, 0.5) is 10.3 Å². The number of aromatic nitrogens is 2. The maximum atomic E-state index is 13.9. The number of nitrogens with zero attached hydrogens (tertiary/aromatic N) is 2. The highest BCUT2D eigenvalue weighted by atomic mass is 35.5. The Bertz CT molecular complexity index is 936. The molecule has 0 unspecified atom stereocenters. The van der Waals surface area contributed by atoms with Gasteiger partial charge in [-0.2, -0.15) is 0 Å². The zero-order valence-electron chi connectivity index (χ0n) is 17.7. The third kappa shape index (κ3) is 5.33. The minimum atomic E-state index is -0.472. The van der Waals surface area contributed by atoms with Gasteiger partial charge in [0, 0.05) is 43.5 Å². The Labute approximate surface area is 187 Å². The molecule has 1 aliphatic heterocycles. The fourth-order valence-corrected chi connectivity index (χ4v) is 4.37. The molecule has 2 atom stereocenters. The zero-order chi connectivity index (χ0) is 21.8. The highest BCUT2D eigenvalue weighted by Crippen LogP contribution is 2.27. The lowest BCUT2D eigenvalue weighted by molar-refractivity contribution is -0.126. The maximum absolute atomic E-state index is 13.9. The SMILES string of the molecule is CC[C@@H](NC(=O)[C@H]1CCc2cnc(NC3CCOCC3)nc2C1)c1ccc(Cl)c(F)c1. The molecule has 0 spiro atoms. The van der Waals surface area contributed by atoms with Gasteiger partial charge in [0.1, 0.15) is 5.82 Å². The molecule has 4 rings (SSSR count). The molecule has 8 heteroatoms. The number of anilines is 1. The second-order valence-corrected chi connectivity index (χ2v) is 8.69. The standard InChI is InChI=1S/C23H28ClFN4O2/c1-2-20(14-5-6-18(24)19(25)11-14)28-22(30)15-3-4-16-13-26-23(29-21(16)12-15)27-17-7-9-31-10-8-17/h5-6,11,13,15,17,20H,2-4,7-10,12H2,1H3,(H,28,30)(H,26,27,29)/t15-,20+/m0/s1. The lowest BCUT2D eigenvalue weighted by Crippen LogP contribution is -2.37. The Kier molecular flexibility index (Phi) is 7.02. The van der Waals surface area contributed by atoms with E-state index < -0.39 is 5.82 Å². The molecule has 1 aliphatic carbocycles. The number of nitrogens with one attached hydrogen (secondary N) is 2. The lowest BCUT2D eigenvalue weighted by atomic mass is 9.86. The normalized spacial score (nSPS) is 20.0. The average Bonchev–Trinajstić information content (AvgIpc) is 2.79. The predicted octanol–water partition coefficient (Wildman–Crippen LogP) is 4.23. The summed E-state index contributed by atoms with van der Waals surface area (Å²) in [6.07, 6.45) is 6.53. The first-order valence-electron chi connectivity index (χ1n) is 11.0. The molecule has 2 N–H and O–H groups in total. The average molecular weight is 447 g/mol. The maximum Gasteiger partial charge on any atom is 0.223 e. The van der Waals surface area contributed by atoms with Gasteiger partial charge in [-0.1, -0.05) is 24.6 Å². The molecule has 2 aromatic rings. The molecular formula is C23H28ClFN4O2. The van der Waals surface area contributed by atoms with Crippen LogP contribution in [-0.2, 0) is 22.4 Å². The molecule has 166 valence electrons. The van der Waals surface area contributed by atoms with Gasteiger partial charge in [-0.3, -0.25) is 4.79 Å². The fourth-order valence-electron chi connectivity index (χ4n) is 4.25. The third-order valence-corrected chi connectivity index (χ3v) is 6.46. The van der Waals surface area contributed by atoms with Crippen molar-refractivity contribution in [3.63, 3.8) is 0 Å². The van der Waals surface area contributed by atoms with Crippen molar-refractivity contribution >= 4 is 23.5 Å². The summed E-state index contributed by atoms with van der Waals surface area (Å²) >= 11 is 5.79. The van der Waals surface area contributed by atoms with Gasteiger partial charge in [0.2, 0.25) is 11.9 Å². The van der Waals surface area contributed by atoms with Crippen LogP contribution >= 0.6 is 11.6 Å². The molecule has 6 nitrogen and oxygen atoms in total. The van der Waals surface area contributed by atoms with Crippen molar-refractivity contribution in [3.05, 3.63) is 52.1 Å². The van der Waals surface area contributed by atoms with Gasteiger partial charge >= 0.3 is 0 Å². The number of carbonyl (C=O) groups excluding carboxylic acids is 1. The van der Waals surface area contributed by atoms with Crippen molar-refractivity contribution in [1.82, 2.24) is 15.3 Å². The van der Waals surface area contributed by atoms with Gasteiger partial charge in [0.15, 0.2) is 0 Å². The number of benzene rings is 1. The number of ether oxygens (including phenoxy) is 1. The van der Waals surface area contributed by atoms with Gasteiger partial charge in [-0.05, 0) is 55.4 Å². The van der Waals surface area contributed by atoms with Crippen LogP contribution in [0, 0.1) is 11.7 Å². The number of rotatable bonds is 6. The molecule has 1 fully saturated rings. The van der Waals surface area contributed by atoms with Crippen molar-refractivity contribution in [3.8, 4) is 0 Å². The van der Waals surface area contributed by atoms with Gasteiger partial charge in [0.05, 0.1) is 11.1 Å². The Hall–Kier alpha value is -2.25. The van der Waals surface area contributed by atoms with E-state index in [9.17, 15) is 9.18 Å². The number of aryl methyl sites for hydroxylation is 1. The highest BCUT2D eigenvalue weighted by molar-refractivity contribution is 6.30. The quantitative estimate of drug-likeness (QED) is 0.694. The van der Waals surface area contributed by atoms with Gasteiger partial charge in [0.25, 0.3) is 0 Å². The smallest absolute Gasteiger partial charge is 0.223 e. The van der Waals surface area contributed by atoms with Crippen LogP contribution in [-0.4, -0.2) is 35.1 Å². The third-order valence-electron chi connectivity index (χ3n) is 6.15. The molecule has 0 bridgehead atoms. The highest BCUT2D eigenvalue weighted by Gasteiger charge is 2.28. The number of hydrogen-bond acceptors (Lipinski definition) is 5. The fraction of sp³-hybridized carbons (Fsp3) is 0.522. The number of amides is 1. The summed E-state index contributed by atoms with van der Waals surface area (Å²) in [5, 5.41) is 6.57. The van der Waals surface area contributed by atoms with Crippen LogP contribution in [0.2, 0.25) is 5.02 Å². The molecule has 31 heavy (non-hydrogen) atoms. The summed E-state index contributed by atoms with van der Waals surface area (Å²) in [6, 6.07) is 4.75. The largest absolute Gasteiger partial charge is 0.381 e. The minimum absolute atomic E-state index is 0.0228. The summed E-state index contributed by atoms with van der Waals surface area (Å²) in [7, 11) is 0. The first-order valence-corrected chi connectivity index (χ1v) is 11.4. The van der Waals surface area contributed by atoms with Crippen molar-refractivity contribution in [2.45, 2.75) is 57.5 Å². The summed E-state index contributed by atoms with van der Waals surface area (Å²) < 4.78 is 19.3. The van der Waals surface area contributed by atoms with Gasteiger partial charge in [-0.25, -0.2) is 14.4 Å². The Morgan fingerprint density at radius 2 is 2.13 bits per heavy atom. The molecule has 1 aromatic heterocycles. The monoisotopic (exact) mass is 446 g/mol. The molecule has 2 aliphatic rings. The van der Waals surface area contributed by atoms with Crippen molar-refractivity contribution in [2.75, 3.05) is 18.5 Å². The van der Waals surface area contributed by atoms with Gasteiger partial charge in [-0.15, -0.1) is 0 Å². The number of halogens is 2. The van der Waals surface area contributed by atoms with Crippen molar-refractivity contribution in [1.29, 1.82) is 0 Å². The van der Waals surface area contributed by atoms with E-state index in [4.69, 9.17) is 21.3 Å². The molecule has 1 saturated heterocycles. The van der Waals surface area contributed by atoms with Crippen LogP contribution in [0.25, 0.3) is 0 Å². The summed E-state index contributed by atoms with van der Waals surface area (Å²) in [6.45, 7) is 3.47. The molecule has 0 radical (unpaired) electrons.